The van der Waals surface area contributed by atoms with Crippen molar-refractivity contribution in [1.29, 1.82) is 0 Å². The minimum atomic E-state index is 0.364. The molecule has 2 aromatic rings. The first-order valence-corrected chi connectivity index (χ1v) is 8.38. The normalized spacial score (nSPS) is 24.9. The van der Waals surface area contributed by atoms with E-state index in [-0.39, 0.29) is 0 Å². The van der Waals surface area contributed by atoms with E-state index in [2.05, 4.69) is 30.5 Å². The van der Waals surface area contributed by atoms with Crippen LogP contribution in [0.5, 0.6) is 0 Å². The molecule has 1 heterocycles. The summed E-state index contributed by atoms with van der Waals surface area (Å²) in [5.41, 5.74) is 4.16. The maximum Gasteiger partial charge on any atom is 0.0954 e. The summed E-state index contributed by atoms with van der Waals surface area (Å²) in [6.07, 6.45) is 6.21. The Morgan fingerprint density at radius 3 is 2.75 bits per heavy atom. The van der Waals surface area contributed by atoms with E-state index >= 15 is 0 Å². The average molecular weight is 289 g/mol. The standard InChI is InChI=1S/C16H23N3S/c1-11-6-8-12(9-7-11)14(19-17)10-16-18-13-4-2-3-5-15(13)20-16/h2-5,11-12,14,19H,6-10,17H2,1H3. The molecule has 0 amide bonds. The molecule has 0 saturated heterocycles. The van der Waals surface area contributed by atoms with Crippen molar-refractivity contribution in [2.75, 3.05) is 0 Å². The second-order valence-corrected chi connectivity index (χ2v) is 7.19. The molecule has 1 unspecified atom stereocenters. The number of hydrogen-bond acceptors (Lipinski definition) is 4. The Morgan fingerprint density at radius 2 is 2.05 bits per heavy atom. The zero-order valence-electron chi connectivity index (χ0n) is 12.0. The van der Waals surface area contributed by atoms with Gasteiger partial charge in [0, 0.05) is 12.5 Å². The largest absolute Gasteiger partial charge is 0.271 e. The third-order valence-corrected chi connectivity index (χ3v) is 5.64. The smallest absolute Gasteiger partial charge is 0.0954 e. The van der Waals surface area contributed by atoms with Crippen molar-refractivity contribution >= 4 is 21.6 Å². The summed E-state index contributed by atoms with van der Waals surface area (Å²) >= 11 is 1.80. The molecule has 1 aliphatic rings. The summed E-state index contributed by atoms with van der Waals surface area (Å²) in [6, 6.07) is 8.72. The Labute approximate surface area is 124 Å². The number of nitrogens with zero attached hydrogens (tertiary/aromatic N) is 1. The average Bonchev–Trinajstić information content (AvgIpc) is 2.88. The van der Waals surface area contributed by atoms with Crippen LogP contribution in [0.1, 0.15) is 37.6 Å². The van der Waals surface area contributed by atoms with Crippen molar-refractivity contribution in [2.24, 2.45) is 17.7 Å². The molecule has 1 aromatic heterocycles. The minimum absolute atomic E-state index is 0.364. The number of aromatic nitrogens is 1. The third kappa shape index (κ3) is 3.03. The van der Waals surface area contributed by atoms with Gasteiger partial charge in [-0.2, -0.15) is 0 Å². The van der Waals surface area contributed by atoms with Crippen molar-refractivity contribution in [2.45, 2.75) is 45.1 Å². The number of thiazole rings is 1. The van der Waals surface area contributed by atoms with Gasteiger partial charge in [-0.3, -0.25) is 11.3 Å². The van der Waals surface area contributed by atoms with Crippen molar-refractivity contribution in [3.05, 3.63) is 29.3 Å². The second kappa shape index (κ2) is 6.20. The first-order valence-electron chi connectivity index (χ1n) is 7.57. The highest BCUT2D eigenvalue weighted by Gasteiger charge is 2.26. The summed E-state index contributed by atoms with van der Waals surface area (Å²) in [6.45, 7) is 2.36. The van der Waals surface area contributed by atoms with Gasteiger partial charge in [-0.05, 0) is 36.8 Å². The fourth-order valence-electron chi connectivity index (χ4n) is 3.25. The Kier molecular flexibility index (Phi) is 4.34. The zero-order valence-corrected chi connectivity index (χ0v) is 12.8. The van der Waals surface area contributed by atoms with Crippen LogP contribution in [0, 0.1) is 11.8 Å². The molecule has 1 atom stereocenters. The number of rotatable bonds is 4. The van der Waals surface area contributed by atoms with Crippen LogP contribution in [0.4, 0.5) is 0 Å². The molecule has 20 heavy (non-hydrogen) atoms. The van der Waals surface area contributed by atoms with Crippen LogP contribution in [-0.2, 0) is 6.42 Å². The highest BCUT2D eigenvalue weighted by atomic mass is 32.1. The van der Waals surface area contributed by atoms with E-state index in [0.717, 1.165) is 17.9 Å². The maximum atomic E-state index is 5.81. The van der Waals surface area contributed by atoms with Crippen LogP contribution in [0.15, 0.2) is 24.3 Å². The van der Waals surface area contributed by atoms with Crippen molar-refractivity contribution < 1.29 is 0 Å². The molecule has 0 aliphatic heterocycles. The fourth-order valence-corrected chi connectivity index (χ4v) is 4.27. The molecule has 1 aliphatic carbocycles. The lowest BCUT2D eigenvalue weighted by Gasteiger charge is -2.32. The summed E-state index contributed by atoms with van der Waals surface area (Å²) in [7, 11) is 0. The molecule has 0 spiro atoms. The van der Waals surface area contributed by atoms with E-state index in [1.165, 1.54) is 35.4 Å². The maximum absolute atomic E-state index is 5.81. The van der Waals surface area contributed by atoms with Crippen LogP contribution < -0.4 is 11.3 Å². The van der Waals surface area contributed by atoms with E-state index in [9.17, 15) is 0 Å². The first-order chi connectivity index (χ1) is 9.76. The topological polar surface area (TPSA) is 50.9 Å². The van der Waals surface area contributed by atoms with E-state index in [0.29, 0.717) is 12.0 Å². The zero-order chi connectivity index (χ0) is 13.9. The van der Waals surface area contributed by atoms with Crippen LogP contribution in [-0.4, -0.2) is 11.0 Å². The molecule has 1 fully saturated rings. The second-order valence-electron chi connectivity index (χ2n) is 6.07. The summed E-state index contributed by atoms with van der Waals surface area (Å²) in [5, 5.41) is 1.20. The number of nitrogens with two attached hydrogens (primary N) is 1. The van der Waals surface area contributed by atoms with Gasteiger partial charge in [-0.25, -0.2) is 4.98 Å². The monoisotopic (exact) mass is 289 g/mol. The van der Waals surface area contributed by atoms with Gasteiger partial charge in [0.1, 0.15) is 0 Å². The molecule has 3 nitrogen and oxygen atoms in total. The van der Waals surface area contributed by atoms with Crippen molar-refractivity contribution in [1.82, 2.24) is 10.4 Å². The highest BCUT2D eigenvalue weighted by Crippen LogP contribution is 2.32. The molecule has 1 aromatic carbocycles. The number of hydrazine groups is 1. The number of fused-ring (bicyclic) bond motifs is 1. The van der Waals surface area contributed by atoms with Crippen molar-refractivity contribution in [3.63, 3.8) is 0 Å². The Bertz CT molecular complexity index is 525. The molecule has 3 N–H and O–H groups in total. The number of para-hydroxylation sites is 1. The van der Waals surface area contributed by atoms with Crippen molar-refractivity contribution in [3.8, 4) is 0 Å². The van der Waals surface area contributed by atoms with E-state index < -0.39 is 0 Å². The molecule has 3 rings (SSSR count). The molecule has 108 valence electrons. The molecule has 1 saturated carbocycles. The lowest BCUT2D eigenvalue weighted by molar-refractivity contribution is 0.229. The highest BCUT2D eigenvalue weighted by molar-refractivity contribution is 7.18. The van der Waals surface area contributed by atoms with Crippen LogP contribution in [0.2, 0.25) is 0 Å². The fraction of sp³-hybridized carbons (Fsp3) is 0.562. The number of nitrogens with one attached hydrogen (secondary N) is 1. The third-order valence-electron chi connectivity index (χ3n) is 4.58. The number of hydrogen-bond donors (Lipinski definition) is 2. The predicted molar refractivity (Wildman–Crippen MR) is 85.6 cm³/mol. The van der Waals surface area contributed by atoms with Gasteiger partial charge in [0.15, 0.2) is 0 Å². The molecular formula is C16H23N3S. The SMILES string of the molecule is CC1CCC(C(Cc2nc3ccccc3s2)NN)CC1. The molecular weight excluding hydrogens is 266 g/mol. The predicted octanol–water partition coefficient (Wildman–Crippen LogP) is 3.50. The van der Waals surface area contributed by atoms with Gasteiger partial charge in [-0.15, -0.1) is 11.3 Å². The van der Waals surface area contributed by atoms with E-state index in [1.54, 1.807) is 11.3 Å². The van der Waals surface area contributed by atoms with Gasteiger partial charge in [0.05, 0.1) is 15.2 Å². The lowest BCUT2D eigenvalue weighted by Crippen LogP contribution is -2.43. The van der Waals surface area contributed by atoms with E-state index in [1.807, 2.05) is 6.07 Å². The van der Waals surface area contributed by atoms with Gasteiger partial charge in [0.2, 0.25) is 0 Å². The van der Waals surface area contributed by atoms with Crippen LogP contribution in [0.3, 0.4) is 0 Å². The Hall–Kier alpha value is -0.970. The Morgan fingerprint density at radius 1 is 1.30 bits per heavy atom. The van der Waals surface area contributed by atoms with Gasteiger partial charge in [-0.1, -0.05) is 31.9 Å². The summed E-state index contributed by atoms with van der Waals surface area (Å²) in [4.78, 5) is 4.73. The molecule has 0 bridgehead atoms. The first kappa shape index (κ1) is 14.0. The number of benzene rings is 1. The minimum Gasteiger partial charge on any atom is -0.271 e. The van der Waals surface area contributed by atoms with Crippen LogP contribution >= 0.6 is 11.3 Å². The molecule has 0 radical (unpaired) electrons. The van der Waals surface area contributed by atoms with Gasteiger partial charge < -0.3 is 0 Å². The molecule has 4 heteroatoms. The summed E-state index contributed by atoms with van der Waals surface area (Å²) in [5.74, 6) is 7.39. The van der Waals surface area contributed by atoms with E-state index in [4.69, 9.17) is 10.8 Å². The van der Waals surface area contributed by atoms with Gasteiger partial charge >= 0.3 is 0 Å². The summed E-state index contributed by atoms with van der Waals surface area (Å²) < 4.78 is 1.27. The Balaban J connectivity index is 1.70. The van der Waals surface area contributed by atoms with Gasteiger partial charge in [0.25, 0.3) is 0 Å². The lowest BCUT2D eigenvalue weighted by atomic mass is 9.78. The quantitative estimate of drug-likeness (QED) is 0.669. The van der Waals surface area contributed by atoms with Crippen LogP contribution in [0.25, 0.3) is 10.2 Å².